The lowest BCUT2D eigenvalue weighted by atomic mass is 10.0. The predicted octanol–water partition coefficient (Wildman–Crippen LogP) is 1.76. The van der Waals surface area contributed by atoms with Crippen LogP contribution in [0.1, 0.15) is 65.9 Å². The number of carbonyl (C=O) groups excluding carboxylic acids is 6. The molecule has 14 nitrogen and oxygen atoms in total. The van der Waals surface area contributed by atoms with Crippen LogP contribution in [0, 0.1) is 11.6 Å². The third-order valence-electron chi connectivity index (χ3n) is 9.25. The first kappa shape index (κ1) is 39.0. The van der Waals surface area contributed by atoms with Crippen LogP contribution in [0.2, 0.25) is 0 Å². The van der Waals surface area contributed by atoms with Gasteiger partial charge in [-0.1, -0.05) is 6.58 Å². The SMILES string of the molecule is C=C1[C@@H]2CCCN2C(=O)C(NC(=O)[C@H](Cc2cc(F)cc(F)c2)NC(=O)OC(C)(C)C)COC(=O)[C@@H]2CCCN2C(=O)[C@H](C)NC(=O)[C@H](C)N1C. The number of cyclic esters (lactones) is 1. The minimum atomic E-state index is -1.48. The average Bonchev–Trinajstić information content (AvgIpc) is 3.73. The smallest absolute Gasteiger partial charge is 0.408 e. The summed E-state index contributed by atoms with van der Waals surface area (Å²) in [6, 6.07) is -3.58. The zero-order chi connectivity index (χ0) is 37.8. The van der Waals surface area contributed by atoms with Gasteiger partial charge in [-0.15, -0.1) is 0 Å². The van der Waals surface area contributed by atoms with E-state index in [-0.39, 0.29) is 31.5 Å². The summed E-state index contributed by atoms with van der Waals surface area (Å²) in [5.41, 5.74) is -0.472. The number of hydrogen-bond acceptors (Lipinski definition) is 9. The summed E-state index contributed by atoms with van der Waals surface area (Å²) in [7, 11) is 1.66. The fourth-order valence-electron chi connectivity index (χ4n) is 6.49. The van der Waals surface area contributed by atoms with Gasteiger partial charge in [-0.25, -0.2) is 18.4 Å². The molecule has 16 heteroatoms. The number of benzene rings is 1. The van der Waals surface area contributed by atoms with Crippen molar-refractivity contribution in [2.75, 3.05) is 26.7 Å². The van der Waals surface area contributed by atoms with Crippen LogP contribution in [0.4, 0.5) is 13.6 Å². The lowest BCUT2D eigenvalue weighted by molar-refractivity contribution is -0.156. The molecule has 0 aliphatic carbocycles. The van der Waals surface area contributed by atoms with Crippen molar-refractivity contribution in [2.24, 2.45) is 0 Å². The number of rotatable bonds is 5. The van der Waals surface area contributed by atoms with E-state index in [0.29, 0.717) is 31.0 Å². The fourth-order valence-corrected chi connectivity index (χ4v) is 6.49. The van der Waals surface area contributed by atoms with Crippen LogP contribution in [0.3, 0.4) is 0 Å². The van der Waals surface area contributed by atoms with E-state index in [1.807, 2.05) is 0 Å². The second-order valence-electron chi connectivity index (χ2n) is 14.3. The lowest BCUT2D eigenvalue weighted by Crippen LogP contribution is -2.59. The molecule has 0 aromatic heterocycles. The maximum atomic E-state index is 14.3. The van der Waals surface area contributed by atoms with Crippen molar-refractivity contribution < 1.29 is 47.0 Å². The standard InChI is InChI=1S/C35H48F2N6O8/c1-19-31(46)43-13-9-11-28(43)33(48)50-18-26(32(47)42-12-8-10-27(42)20(2)41(7)21(3)29(44)38-19)39-30(45)25(40-34(49)51-35(4,5)6)16-22-14-23(36)17-24(37)15-22/h14-15,17,19,21,25-28H,2,8-13,16,18H2,1,3-7H3,(H,38,44)(H,39,45)(H,40,49)/t19-,21-,25-,26?,27-,28-/m0/s1. The molecule has 6 atom stereocenters. The van der Waals surface area contributed by atoms with E-state index >= 15 is 0 Å². The normalized spacial score (nSPS) is 25.8. The van der Waals surface area contributed by atoms with Crippen molar-refractivity contribution in [1.82, 2.24) is 30.7 Å². The minimum Gasteiger partial charge on any atom is -0.461 e. The third-order valence-corrected chi connectivity index (χ3v) is 9.25. The van der Waals surface area contributed by atoms with Crippen molar-refractivity contribution >= 4 is 35.7 Å². The number of nitrogens with one attached hydrogen (secondary N) is 3. The first-order valence-electron chi connectivity index (χ1n) is 17.1. The molecule has 0 bridgehead atoms. The van der Waals surface area contributed by atoms with E-state index in [0.717, 1.165) is 12.1 Å². The minimum absolute atomic E-state index is 0.0387. The van der Waals surface area contributed by atoms with Gasteiger partial charge in [-0.2, -0.15) is 0 Å². The molecule has 5 amide bonds. The van der Waals surface area contributed by atoms with Crippen LogP contribution in [-0.4, -0.2) is 119 Å². The Morgan fingerprint density at radius 1 is 1.00 bits per heavy atom. The van der Waals surface area contributed by atoms with Gasteiger partial charge in [0.1, 0.15) is 54.1 Å². The number of ether oxygens (including phenoxy) is 2. The van der Waals surface area contributed by atoms with Gasteiger partial charge in [0, 0.05) is 38.3 Å². The van der Waals surface area contributed by atoms with Crippen molar-refractivity contribution in [1.29, 1.82) is 0 Å². The molecular weight excluding hydrogens is 670 g/mol. The Morgan fingerprint density at radius 3 is 2.20 bits per heavy atom. The Labute approximate surface area is 296 Å². The Hall–Kier alpha value is -4.76. The molecular formula is C35H48F2N6O8. The second kappa shape index (κ2) is 16.1. The Morgan fingerprint density at radius 2 is 1.59 bits per heavy atom. The van der Waals surface area contributed by atoms with E-state index in [2.05, 4.69) is 22.5 Å². The monoisotopic (exact) mass is 718 g/mol. The Bertz CT molecular complexity index is 1530. The molecule has 1 aromatic carbocycles. The summed E-state index contributed by atoms with van der Waals surface area (Å²) in [5.74, 6) is -5.06. The molecule has 3 saturated heterocycles. The number of hydrogen-bond donors (Lipinski definition) is 3. The number of alkyl carbamates (subject to hydrolysis) is 1. The van der Waals surface area contributed by atoms with Gasteiger partial charge in [-0.3, -0.25) is 19.2 Å². The molecule has 51 heavy (non-hydrogen) atoms. The molecule has 3 aliphatic heterocycles. The van der Waals surface area contributed by atoms with Gasteiger partial charge in [0.05, 0.1) is 6.04 Å². The number of nitrogens with zero attached hydrogens (tertiary/aromatic N) is 3. The molecule has 0 radical (unpaired) electrons. The summed E-state index contributed by atoms with van der Waals surface area (Å²) >= 11 is 0. The van der Waals surface area contributed by atoms with Crippen molar-refractivity contribution in [3.8, 4) is 0 Å². The maximum absolute atomic E-state index is 14.3. The largest absolute Gasteiger partial charge is 0.461 e. The lowest BCUT2D eigenvalue weighted by Gasteiger charge is -2.37. The molecule has 3 heterocycles. The summed E-state index contributed by atoms with van der Waals surface area (Å²) < 4.78 is 39.1. The van der Waals surface area contributed by atoms with Crippen LogP contribution < -0.4 is 16.0 Å². The third kappa shape index (κ3) is 9.73. The highest BCUT2D eigenvalue weighted by Gasteiger charge is 2.42. The number of likely N-dealkylation sites (N-methyl/N-ethyl adjacent to an activating group) is 1. The van der Waals surface area contributed by atoms with Crippen LogP contribution >= 0.6 is 0 Å². The molecule has 280 valence electrons. The summed E-state index contributed by atoms with van der Waals surface area (Å²) in [6.45, 7) is 12.1. The topological polar surface area (TPSA) is 167 Å². The molecule has 3 aliphatic rings. The number of fused-ring (bicyclic) bond motifs is 2. The van der Waals surface area contributed by atoms with Gasteiger partial charge < -0.3 is 40.1 Å². The van der Waals surface area contributed by atoms with Gasteiger partial charge in [0.2, 0.25) is 23.6 Å². The van der Waals surface area contributed by atoms with Gasteiger partial charge in [0.15, 0.2) is 0 Å². The van der Waals surface area contributed by atoms with Gasteiger partial charge >= 0.3 is 12.1 Å². The van der Waals surface area contributed by atoms with E-state index in [1.54, 1.807) is 39.6 Å². The van der Waals surface area contributed by atoms with Crippen LogP contribution in [0.25, 0.3) is 0 Å². The Balaban J connectivity index is 1.68. The highest BCUT2D eigenvalue weighted by molar-refractivity contribution is 5.94. The quantitative estimate of drug-likeness (QED) is 0.385. The summed E-state index contributed by atoms with van der Waals surface area (Å²) in [6.07, 6.45) is 0.469. The molecule has 4 rings (SSSR count). The van der Waals surface area contributed by atoms with Crippen molar-refractivity contribution in [2.45, 2.75) is 109 Å². The zero-order valence-electron chi connectivity index (χ0n) is 29.9. The van der Waals surface area contributed by atoms with E-state index in [1.165, 1.54) is 16.7 Å². The molecule has 0 saturated carbocycles. The van der Waals surface area contributed by atoms with Gasteiger partial charge in [0.25, 0.3) is 0 Å². The zero-order valence-corrected chi connectivity index (χ0v) is 29.9. The van der Waals surface area contributed by atoms with Crippen LogP contribution in [0.15, 0.2) is 30.5 Å². The molecule has 3 N–H and O–H groups in total. The number of esters is 1. The first-order valence-corrected chi connectivity index (χ1v) is 17.1. The summed E-state index contributed by atoms with van der Waals surface area (Å²) in [4.78, 5) is 85.5. The van der Waals surface area contributed by atoms with Crippen LogP contribution in [-0.2, 0) is 39.9 Å². The molecule has 3 fully saturated rings. The van der Waals surface area contributed by atoms with E-state index < -0.39 is 95.8 Å². The van der Waals surface area contributed by atoms with E-state index in [4.69, 9.17) is 9.47 Å². The molecule has 0 spiro atoms. The van der Waals surface area contributed by atoms with Gasteiger partial charge in [-0.05, 0) is 78.0 Å². The molecule has 1 aromatic rings. The van der Waals surface area contributed by atoms with Crippen molar-refractivity contribution in [3.63, 3.8) is 0 Å². The second-order valence-corrected chi connectivity index (χ2v) is 14.3. The maximum Gasteiger partial charge on any atom is 0.408 e. The average molecular weight is 719 g/mol. The highest BCUT2D eigenvalue weighted by atomic mass is 19.1. The Kier molecular flexibility index (Phi) is 12.3. The summed E-state index contributed by atoms with van der Waals surface area (Å²) in [5, 5.41) is 7.73. The number of halogens is 2. The highest BCUT2D eigenvalue weighted by Crippen LogP contribution is 2.27. The molecule has 1 unspecified atom stereocenters. The van der Waals surface area contributed by atoms with Crippen LogP contribution in [0.5, 0.6) is 0 Å². The fraction of sp³-hybridized carbons (Fsp3) is 0.600. The number of amides is 5. The van der Waals surface area contributed by atoms with E-state index in [9.17, 15) is 37.5 Å². The number of carbonyl (C=O) groups is 6. The predicted molar refractivity (Wildman–Crippen MR) is 180 cm³/mol. The first-order chi connectivity index (χ1) is 23.9. The van der Waals surface area contributed by atoms with Crippen molar-refractivity contribution in [3.05, 3.63) is 47.7 Å².